The molecule has 0 unspecified atom stereocenters. The van der Waals surface area contributed by atoms with Crippen molar-refractivity contribution in [3.63, 3.8) is 0 Å². The number of hydrogen-bond acceptors (Lipinski definition) is 4. The van der Waals surface area contributed by atoms with Crippen LogP contribution in [0.4, 0.5) is 5.69 Å². The minimum Gasteiger partial charge on any atom is -0.390 e. The lowest BCUT2D eigenvalue weighted by molar-refractivity contribution is 0.00197. The van der Waals surface area contributed by atoms with Crippen molar-refractivity contribution in [1.82, 2.24) is 4.98 Å². The Balaban J connectivity index is 2.00. The molecular formula is C26H33N3O2. The maximum Gasteiger partial charge on any atom is 0.129 e. The monoisotopic (exact) mass is 419 g/mol. The molecule has 5 heteroatoms. The minimum atomic E-state index is -0.536. The number of rotatable bonds is 3. The first kappa shape index (κ1) is 21.4. The molecule has 2 atom stereocenters. The lowest BCUT2D eigenvalue weighted by Crippen LogP contribution is -2.50. The molecule has 2 heterocycles. The van der Waals surface area contributed by atoms with E-state index >= 15 is 0 Å². The van der Waals surface area contributed by atoms with Crippen LogP contribution in [0.5, 0.6) is 0 Å². The molecule has 164 valence electrons. The van der Waals surface area contributed by atoms with Crippen LogP contribution in [0.2, 0.25) is 0 Å². The lowest BCUT2D eigenvalue weighted by atomic mass is 9.75. The average molecular weight is 420 g/mol. The van der Waals surface area contributed by atoms with Crippen LogP contribution in [0.1, 0.15) is 64.2 Å². The van der Waals surface area contributed by atoms with Gasteiger partial charge in [-0.25, -0.2) is 0 Å². The maximum atomic E-state index is 11.1. The molecule has 0 bridgehead atoms. The number of aliphatic hydroxyl groups is 1. The van der Waals surface area contributed by atoms with Crippen molar-refractivity contribution < 1.29 is 9.94 Å². The van der Waals surface area contributed by atoms with Gasteiger partial charge in [0, 0.05) is 28.9 Å². The highest BCUT2D eigenvalue weighted by Crippen LogP contribution is 2.45. The van der Waals surface area contributed by atoms with Crippen molar-refractivity contribution >= 4 is 22.8 Å². The van der Waals surface area contributed by atoms with Gasteiger partial charge in [-0.1, -0.05) is 30.3 Å². The van der Waals surface area contributed by atoms with Crippen LogP contribution in [0.3, 0.4) is 0 Å². The summed E-state index contributed by atoms with van der Waals surface area (Å²) in [5.74, 6) is -0.0659. The number of nitrogens with zero attached hydrogens (tertiary/aromatic N) is 1. The Kier molecular flexibility index (Phi) is 5.13. The van der Waals surface area contributed by atoms with E-state index in [1.165, 1.54) is 0 Å². The highest BCUT2D eigenvalue weighted by atomic mass is 16.6. The standard InChI is InChI=1S/C26H33N3O2/c1-15-13-19(18-10-8-9-17-11-12-27-23(17)18)20(14-28-31-25(3,4)5)21-16(2)24(30)26(6,7)29-22(15)21/h8-14,16,24,27,29-30H,1-7H3/b28-14+/t16-,24+/m0/s1. The largest absolute Gasteiger partial charge is 0.390 e. The predicted octanol–water partition coefficient (Wildman–Crippen LogP) is 5.96. The van der Waals surface area contributed by atoms with E-state index in [1.54, 1.807) is 0 Å². The highest BCUT2D eigenvalue weighted by molar-refractivity contribution is 6.02. The van der Waals surface area contributed by atoms with Gasteiger partial charge in [0.15, 0.2) is 0 Å². The van der Waals surface area contributed by atoms with Crippen LogP contribution in [0, 0.1) is 6.92 Å². The van der Waals surface area contributed by atoms with Crippen LogP contribution < -0.4 is 5.32 Å². The minimum absolute atomic E-state index is 0.0659. The summed E-state index contributed by atoms with van der Waals surface area (Å²) in [5.41, 5.74) is 6.74. The zero-order valence-electron chi connectivity index (χ0n) is 19.5. The topological polar surface area (TPSA) is 69.6 Å². The molecule has 0 aliphatic carbocycles. The van der Waals surface area contributed by atoms with Crippen LogP contribution in [0.25, 0.3) is 22.0 Å². The Morgan fingerprint density at radius 1 is 1.16 bits per heavy atom. The second kappa shape index (κ2) is 7.41. The number of hydrogen-bond donors (Lipinski definition) is 3. The van der Waals surface area contributed by atoms with Crippen LogP contribution in [-0.4, -0.2) is 33.5 Å². The molecule has 1 aliphatic rings. The van der Waals surface area contributed by atoms with Crippen molar-refractivity contribution in [2.45, 2.75) is 71.6 Å². The van der Waals surface area contributed by atoms with Gasteiger partial charge in [-0.15, -0.1) is 0 Å². The summed E-state index contributed by atoms with van der Waals surface area (Å²) in [5, 5.41) is 20.2. The molecule has 0 saturated heterocycles. The first-order valence-electron chi connectivity index (χ1n) is 10.9. The SMILES string of the molecule is Cc1cc(-c2cccc3cc[nH]c23)c(/C=N/OC(C)(C)C)c2c1NC(C)(C)[C@H](O)[C@H]2C. The van der Waals surface area contributed by atoms with Crippen molar-refractivity contribution in [2.24, 2.45) is 5.16 Å². The summed E-state index contributed by atoms with van der Waals surface area (Å²) in [7, 11) is 0. The van der Waals surface area contributed by atoms with Crippen LogP contribution in [-0.2, 0) is 4.84 Å². The molecule has 3 N–H and O–H groups in total. The third-order valence-corrected chi connectivity index (χ3v) is 6.11. The zero-order chi connectivity index (χ0) is 22.6. The second-order valence-corrected chi connectivity index (χ2v) is 10.2. The van der Waals surface area contributed by atoms with Gasteiger partial charge in [0.25, 0.3) is 0 Å². The number of aromatic amines is 1. The van der Waals surface area contributed by atoms with Crippen molar-refractivity contribution in [1.29, 1.82) is 0 Å². The molecule has 0 fully saturated rings. The van der Waals surface area contributed by atoms with Crippen molar-refractivity contribution in [2.75, 3.05) is 5.32 Å². The van der Waals surface area contributed by atoms with Gasteiger partial charge in [-0.2, -0.15) is 0 Å². The molecule has 5 nitrogen and oxygen atoms in total. The smallest absolute Gasteiger partial charge is 0.129 e. The molecule has 0 radical (unpaired) electrons. The fourth-order valence-corrected chi connectivity index (χ4v) is 4.58. The summed E-state index contributed by atoms with van der Waals surface area (Å²) in [6.07, 6.45) is 3.24. The molecule has 3 aromatic rings. The van der Waals surface area contributed by atoms with E-state index in [4.69, 9.17) is 4.84 Å². The normalized spacial score (nSPS) is 20.6. The maximum absolute atomic E-state index is 11.1. The second-order valence-electron chi connectivity index (χ2n) is 10.2. The number of oxime groups is 1. The molecule has 0 spiro atoms. The molecule has 1 aromatic heterocycles. The third kappa shape index (κ3) is 3.83. The van der Waals surface area contributed by atoms with E-state index in [-0.39, 0.29) is 11.5 Å². The van der Waals surface area contributed by atoms with Gasteiger partial charge in [0.2, 0.25) is 0 Å². The number of nitrogens with one attached hydrogen (secondary N) is 2. The lowest BCUT2D eigenvalue weighted by Gasteiger charge is -2.44. The molecule has 0 saturated carbocycles. The predicted molar refractivity (Wildman–Crippen MR) is 129 cm³/mol. The number of H-pyrrole nitrogens is 1. The molecule has 0 amide bonds. The molecule has 4 rings (SSSR count). The fourth-order valence-electron chi connectivity index (χ4n) is 4.58. The van der Waals surface area contributed by atoms with Gasteiger partial charge in [-0.05, 0) is 75.8 Å². The Morgan fingerprint density at radius 2 is 1.90 bits per heavy atom. The van der Waals surface area contributed by atoms with Crippen molar-refractivity contribution in [3.8, 4) is 11.1 Å². The van der Waals surface area contributed by atoms with E-state index in [1.807, 2.05) is 47.0 Å². The van der Waals surface area contributed by atoms with Crippen molar-refractivity contribution in [3.05, 3.63) is 53.2 Å². The highest BCUT2D eigenvalue weighted by Gasteiger charge is 2.40. The van der Waals surface area contributed by atoms with Crippen LogP contribution in [0.15, 0.2) is 41.7 Å². The van der Waals surface area contributed by atoms with Gasteiger partial charge in [0.1, 0.15) is 5.60 Å². The van der Waals surface area contributed by atoms with Gasteiger partial charge in [0.05, 0.1) is 23.4 Å². The molecule has 2 aromatic carbocycles. The van der Waals surface area contributed by atoms with Gasteiger partial charge in [-0.3, -0.25) is 0 Å². The van der Waals surface area contributed by atoms with E-state index in [2.05, 4.69) is 59.6 Å². The molecule has 1 aliphatic heterocycles. The number of anilines is 1. The molecule has 31 heavy (non-hydrogen) atoms. The first-order valence-corrected chi connectivity index (χ1v) is 10.9. The summed E-state index contributed by atoms with van der Waals surface area (Å²) in [6.45, 7) is 14.2. The summed E-state index contributed by atoms with van der Waals surface area (Å²) < 4.78 is 0. The zero-order valence-corrected chi connectivity index (χ0v) is 19.5. The van der Waals surface area contributed by atoms with E-state index in [0.29, 0.717) is 0 Å². The quantitative estimate of drug-likeness (QED) is 0.362. The Labute approximate surface area is 184 Å². The van der Waals surface area contributed by atoms with E-state index < -0.39 is 11.6 Å². The Morgan fingerprint density at radius 3 is 2.61 bits per heavy atom. The number of para-hydroxylation sites is 1. The van der Waals surface area contributed by atoms with E-state index in [9.17, 15) is 5.11 Å². The number of aryl methyl sites for hydroxylation is 1. The van der Waals surface area contributed by atoms with Crippen LogP contribution >= 0.6 is 0 Å². The number of aliphatic hydroxyl groups excluding tert-OH is 1. The Bertz CT molecular complexity index is 1150. The fraction of sp³-hybridized carbons (Fsp3) is 0.423. The van der Waals surface area contributed by atoms with E-state index in [0.717, 1.165) is 44.4 Å². The molecular weight excluding hydrogens is 386 g/mol. The Hall–Kier alpha value is -2.79. The van der Waals surface area contributed by atoms with Gasteiger partial charge < -0.3 is 20.2 Å². The average Bonchev–Trinajstić information content (AvgIpc) is 3.16. The third-order valence-electron chi connectivity index (χ3n) is 6.11. The first-order chi connectivity index (χ1) is 14.5. The summed E-state index contributed by atoms with van der Waals surface area (Å²) in [6, 6.07) is 10.6. The summed E-state index contributed by atoms with van der Waals surface area (Å²) in [4.78, 5) is 9.09. The van der Waals surface area contributed by atoms with Gasteiger partial charge >= 0.3 is 0 Å². The number of aromatic nitrogens is 1. The summed E-state index contributed by atoms with van der Waals surface area (Å²) >= 11 is 0. The number of fused-ring (bicyclic) bond motifs is 2. The number of benzene rings is 2.